The number of nitrogens with zero attached hydrogens (tertiary/aromatic N) is 1. The molecule has 1 aromatic carbocycles. The quantitative estimate of drug-likeness (QED) is 0.882. The van der Waals surface area contributed by atoms with Gasteiger partial charge in [-0.15, -0.1) is 0 Å². The standard InChI is InChI=1S/C14H9F4NO2/c15-11-5-8(7-19-12(11)6-13(20)21)9-3-1-2-4-10(9)14(16,17)18/h1-5,7H,6H2,(H,20,21). The third-order valence-corrected chi connectivity index (χ3v) is 2.78. The molecule has 1 aromatic heterocycles. The molecular formula is C14H9F4NO2. The van der Waals surface area contributed by atoms with Crippen molar-refractivity contribution in [3.8, 4) is 11.1 Å². The maximum Gasteiger partial charge on any atom is 0.417 e. The van der Waals surface area contributed by atoms with Crippen LogP contribution in [0.25, 0.3) is 11.1 Å². The minimum atomic E-state index is -4.58. The number of carboxylic acids is 1. The maximum absolute atomic E-state index is 13.7. The van der Waals surface area contributed by atoms with Gasteiger partial charge < -0.3 is 5.11 Å². The zero-order valence-corrected chi connectivity index (χ0v) is 10.5. The first-order valence-electron chi connectivity index (χ1n) is 5.82. The molecule has 0 amide bonds. The molecule has 2 aromatic rings. The van der Waals surface area contributed by atoms with Crippen LogP contribution in [-0.4, -0.2) is 16.1 Å². The number of rotatable bonds is 3. The zero-order valence-electron chi connectivity index (χ0n) is 10.5. The first-order valence-corrected chi connectivity index (χ1v) is 5.82. The van der Waals surface area contributed by atoms with Gasteiger partial charge in [-0.3, -0.25) is 9.78 Å². The predicted octanol–water partition coefficient (Wildman–Crippen LogP) is 3.53. The van der Waals surface area contributed by atoms with Crippen LogP contribution in [0.15, 0.2) is 36.5 Å². The molecule has 0 spiro atoms. The van der Waals surface area contributed by atoms with Gasteiger partial charge in [0.2, 0.25) is 0 Å². The van der Waals surface area contributed by atoms with Crippen LogP contribution in [0.5, 0.6) is 0 Å². The third kappa shape index (κ3) is 3.36. The van der Waals surface area contributed by atoms with Crippen LogP contribution in [-0.2, 0) is 17.4 Å². The number of alkyl halides is 3. The molecule has 0 saturated carbocycles. The Bertz CT molecular complexity index is 683. The molecular weight excluding hydrogens is 290 g/mol. The molecule has 0 aliphatic rings. The van der Waals surface area contributed by atoms with Crippen LogP contribution in [0.2, 0.25) is 0 Å². The highest BCUT2D eigenvalue weighted by Crippen LogP contribution is 2.36. The lowest BCUT2D eigenvalue weighted by Crippen LogP contribution is -2.08. The number of pyridine rings is 1. The van der Waals surface area contributed by atoms with Gasteiger partial charge in [0.05, 0.1) is 17.7 Å². The second-order valence-corrected chi connectivity index (χ2v) is 4.27. The minimum Gasteiger partial charge on any atom is -0.481 e. The summed E-state index contributed by atoms with van der Waals surface area (Å²) in [5.74, 6) is -2.23. The van der Waals surface area contributed by atoms with E-state index in [9.17, 15) is 22.4 Å². The van der Waals surface area contributed by atoms with Gasteiger partial charge >= 0.3 is 12.1 Å². The highest BCUT2D eigenvalue weighted by atomic mass is 19.4. The average molecular weight is 299 g/mol. The van der Waals surface area contributed by atoms with Crippen molar-refractivity contribution in [2.24, 2.45) is 0 Å². The Morgan fingerprint density at radius 3 is 2.48 bits per heavy atom. The van der Waals surface area contributed by atoms with Crippen molar-refractivity contribution >= 4 is 5.97 Å². The summed E-state index contributed by atoms with van der Waals surface area (Å²) in [5.41, 5.74) is -1.50. The lowest BCUT2D eigenvalue weighted by atomic mass is 10.0. The highest BCUT2D eigenvalue weighted by molar-refractivity contribution is 5.71. The molecule has 0 unspecified atom stereocenters. The number of halogens is 4. The molecule has 0 fully saturated rings. The minimum absolute atomic E-state index is 0.0606. The van der Waals surface area contributed by atoms with Gasteiger partial charge in [0.25, 0.3) is 0 Å². The molecule has 0 bridgehead atoms. The fourth-order valence-corrected chi connectivity index (χ4v) is 1.87. The summed E-state index contributed by atoms with van der Waals surface area (Å²) in [5, 5.41) is 8.57. The van der Waals surface area contributed by atoms with E-state index in [1.165, 1.54) is 18.2 Å². The molecule has 7 heteroatoms. The summed E-state index contributed by atoms with van der Waals surface area (Å²) >= 11 is 0. The summed E-state index contributed by atoms with van der Waals surface area (Å²) in [6.07, 6.45) is -4.17. The molecule has 0 atom stereocenters. The molecule has 0 aliphatic heterocycles. The van der Waals surface area contributed by atoms with Crippen molar-refractivity contribution in [1.82, 2.24) is 4.98 Å². The fourth-order valence-electron chi connectivity index (χ4n) is 1.87. The zero-order chi connectivity index (χ0) is 15.6. The van der Waals surface area contributed by atoms with E-state index >= 15 is 0 Å². The molecule has 3 nitrogen and oxygen atoms in total. The Kier molecular flexibility index (Phi) is 3.93. The van der Waals surface area contributed by atoms with Gasteiger partial charge in [-0.1, -0.05) is 18.2 Å². The summed E-state index contributed by atoms with van der Waals surface area (Å²) < 4.78 is 52.4. The Labute approximate surface area is 116 Å². The van der Waals surface area contributed by atoms with E-state index in [1.807, 2.05) is 0 Å². The number of hydrogen-bond acceptors (Lipinski definition) is 2. The van der Waals surface area contributed by atoms with Crippen LogP contribution >= 0.6 is 0 Å². The summed E-state index contributed by atoms with van der Waals surface area (Å²) in [4.78, 5) is 14.1. The van der Waals surface area contributed by atoms with E-state index in [-0.39, 0.29) is 16.8 Å². The topological polar surface area (TPSA) is 50.2 Å². The van der Waals surface area contributed by atoms with Crippen molar-refractivity contribution < 1.29 is 27.5 Å². The molecule has 21 heavy (non-hydrogen) atoms. The highest BCUT2D eigenvalue weighted by Gasteiger charge is 2.33. The van der Waals surface area contributed by atoms with Crippen molar-refractivity contribution in [3.63, 3.8) is 0 Å². The van der Waals surface area contributed by atoms with Gasteiger partial charge in [0, 0.05) is 11.8 Å². The first-order chi connectivity index (χ1) is 9.79. The number of aromatic nitrogens is 1. The van der Waals surface area contributed by atoms with Crippen molar-refractivity contribution in [3.05, 3.63) is 53.6 Å². The van der Waals surface area contributed by atoms with Gasteiger partial charge in [-0.25, -0.2) is 4.39 Å². The van der Waals surface area contributed by atoms with Crippen molar-refractivity contribution in [2.75, 3.05) is 0 Å². The molecule has 0 radical (unpaired) electrons. The second-order valence-electron chi connectivity index (χ2n) is 4.27. The van der Waals surface area contributed by atoms with Crippen LogP contribution in [0.3, 0.4) is 0 Å². The fraction of sp³-hybridized carbons (Fsp3) is 0.143. The smallest absolute Gasteiger partial charge is 0.417 e. The molecule has 0 aliphatic carbocycles. The van der Waals surface area contributed by atoms with Crippen LogP contribution in [0.4, 0.5) is 17.6 Å². The second kappa shape index (κ2) is 5.51. The number of hydrogen-bond donors (Lipinski definition) is 1. The SMILES string of the molecule is O=C(O)Cc1ncc(-c2ccccc2C(F)(F)F)cc1F. The van der Waals surface area contributed by atoms with Crippen LogP contribution in [0.1, 0.15) is 11.3 Å². The monoisotopic (exact) mass is 299 g/mol. The van der Waals surface area contributed by atoms with Crippen molar-refractivity contribution in [1.29, 1.82) is 0 Å². The Hall–Kier alpha value is -2.44. The third-order valence-electron chi connectivity index (χ3n) is 2.78. The van der Waals surface area contributed by atoms with Gasteiger partial charge in [-0.05, 0) is 17.7 Å². The van der Waals surface area contributed by atoms with Gasteiger partial charge in [-0.2, -0.15) is 13.2 Å². The summed E-state index contributed by atoms with van der Waals surface area (Å²) in [6, 6.07) is 5.58. The molecule has 110 valence electrons. The predicted molar refractivity (Wildman–Crippen MR) is 66.0 cm³/mol. The summed E-state index contributed by atoms with van der Waals surface area (Å²) in [7, 11) is 0. The number of aliphatic carboxylic acids is 1. The Balaban J connectivity index is 2.49. The molecule has 2 rings (SSSR count). The van der Waals surface area contributed by atoms with Gasteiger partial charge in [0.1, 0.15) is 5.82 Å². The summed E-state index contributed by atoms with van der Waals surface area (Å²) in [6.45, 7) is 0. The Morgan fingerprint density at radius 1 is 1.24 bits per heavy atom. The molecule has 1 heterocycles. The van der Waals surface area contributed by atoms with E-state index in [4.69, 9.17) is 5.11 Å². The first kappa shape index (κ1) is 15.0. The van der Waals surface area contributed by atoms with Crippen LogP contribution in [0, 0.1) is 5.82 Å². The van der Waals surface area contributed by atoms with E-state index in [0.29, 0.717) is 0 Å². The van der Waals surface area contributed by atoms with Crippen LogP contribution < -0.4 is 0 Å². The number of carboxylic acid groups (broad SMARTS) is 1. The van der Waals surface area contributed by atoms with E-state index in [0.717, 1.165) is 18.3 Å². The van der Waals surface area contributed by atoms with Gasteiger partial charge in [0.15, 0.2) is 0 Å². The molecule has 0 saturated heterocycles. The largest absolute Gasteiger partial charge is 0.481 e. The Morgan fingerprint density at radius 2 is 1.90 bits per heavy atom. The average Bonchev–Trinajstić information content (AvgIpc) is 2.40. The lowest BCUT2D eigenvalue weighted by molar-refractivity contribution is -0.137. The molecule has 1 N–H and O–H groups in total. The normalized spacial score (nSPS) is 11.4. The van der Waals surface area contributed by atoms with E-state index in [2.05, 4.69) is 4.98 Å². The number of benzene rings is 1. The van der Waals surface area contributed by atoms with E-state index in [1.54, 1.807) is 0 Å². The van der Waals surface area contributed by atoms with E-state index < -0.39 is 29.9 Å². The lowest BCUT2D eigenvalue weighted by Gasteiger charge is -2.13. The van der Waals surface area contributed by atoms with Crippen molar-refractivity contribution in [2.45, 2.75) is 12.6 Å². The maximum atomic E-state index is 13.7. The number of carbonyl (C=O) groups is 1.